The van der Waals surface area contributed by atoms with Gasteiger partial charge < -0.3 is 20.1 Å². The number of carbonyl (C=O) groups is 2. The SMILES string of the molecule is CCCNC(=O)[C@@H](C)NC(=O)c1ccc(OC)cc1OC. The van der Waals surface area contributed by atoms with Gasteiger partial charge in [-0.15, -0.1) is 0 Å². The van der Waals surface area contributed by atoms with E-state index in [-0.39, 0.29) is 11.8 Å². The summed E-state index contributed by atoms with van der Waals surface area (Å²) < 4.78 is 10.3. The molecule has 0 spiro atoms. The number of benzene rings is 1. The first-order valence-corrected chi connectivity index (χ1v) is 6.84. The van der Waals surface area contributed by atoms with Crippen molar-refractivity contribution in [3.63, 3.8) is 0 Å². The molecule has 0 aliphatic carbocycles. The molecule has 0 aliphatic heterocycles. The molecule has 1 atom stereocenters. The summed E-state index contributed by atoms with van der Waals surface area (Å²) in [6.07, 6.45) is 0.846. The van der Waals surface area contributed by atoms with Crippen LogP contribution < -0.4 is 20.1 Å². The molecule has 0 bridgehead atoms. The van der Waals surface area contributed by atoms with Crippen LogP contribution >= 0.6 is 0 Å². The van der Waals surface area contributed by atoms with Gasteiger partial charge in [0, 0.05) is 12.6 Å². The number of ether oxygens (including phenoxy) is 2. The minimum atomic E-state index is -0.615. The third-order valence-corrected chi connectivity index (χ3v) is 2.94. The summed E-state index contributed by atoms with van der Waals surface area (Å²) in [4.78, 5) is 23.9. The molecule has 21 heavy (non-hydrogen) atoms. The number of rotatable bonds is 7. The van der Waals surface area contributed by atoms with Crippen LogP contribution in [0.25, 0.3) is 0 Å². The van der Waals surface area contributed by atoms with E-state index in [1.54, 1.807) is 25.1 Å². The molecule has 6 nitrogen and oxygen atoms in total. The number of methoxy groups -OCH3 is 2. The van der Waals surface area contributed by atoms with Crippen molar-refractivity contribution in [1.82, 2.24) is 10.6 Å². The Morgan fingerprint density at radius 1 is 1.24 bits per heavy atom. The van der Waals surface area contributed by atoms with Gasteiger partial charge >= 0.3 is 0 Å². The van der Waals surface area contributed by atoms with Crippen LogP contribution in [0.15, 0.2) is 18.2 Å². The van der Waals surface area contributed by atoms with Gasteiger partial charge in [-0.25, -0.2) is 0 Å². The van der Waals surface area contributed by atoms with Crippen molar-refractivity contribution in [2.75, 3.05) is 20.8 Å². The Balaban J connectivity index is 2.77. The Hall–Kier alpha value is -2.24. The topological polar surface area (TPSA) is 76.7 Å². The molecule has 0 unspecified atom stereocenters. The molecule has 0 fully saturated rings. The van der Waals surface area contributed by atoms with Crippen LogP contribution in [0.3, 0.4) is 0 Å². The highest BCUT2D eigenvalue weighted by Gasteiger charge is 2.19. The third kappa shape index (κ3) is 4.66. The number of hydrogen-bond donors (Lipinski definition) is 2. The summed E-state index contributed by atoms with van der Waals surface area (Å²) in [6, 6.07) is 4.27. The standard InChI is InChI=1S/C15H22N2O4/c1-5-8-16-14(18)10(2)17-15(19)12-7-6-11(20-3)9-13(12)21-4/h6-7,9-10H,5,8H2,1-4H3,(H,16,18)(H,17,19)/t10-/m1/s1. The number of hydrogen-bond acceptors (Lipinski definition) is 4. The first kappa shape index (κ1) is 16.8. The highest BCUT2D eigenvalue weighted by Crippen LogP contribution is 2.24. The highest BCUT2D eigenvalue weighted by atomic mass is 16.5. The summed E-state index contributed by atoms with van der Waals surface area (Å²) >= 11 is 0. The fraction of sp³-hybridized carbons (Fsp3) is 0.467. The van der Waals surface area contributed by atoms with Crippen LogP contribution in [0.4, 0.5) is 0 Å². The van der Waals surface area contributed by atoms with Gasteiger partial charge in [0.1, 0.15) is 17.5 Å². The predicted octanol–water partition coefficient (Wildman–Crippen LogP) is 1.35. The Labute approximate surface area is 124 Å². The van der Waals surface area contributed by atoms with Crippen LogP contribution in [0.1, 0.15) is 30.6 Å². The Morgan fingerprint density at radius 2 is 1.95 bits per heavy atom. The van der Waals surface area contributed by atoms with E-state index in [1.807, 2.05) is 6.92 Å². The second-order valence-corrected chi connectivity index (χ2v) is 4.55. The van der Waals surface area contributed by atoms with Crippen LogP contribution in [0, 0.1) is 0 Å². The van der Waals surface area contributed by atoms with Crippen molar-refractivity contribution in [2.24, 2.45) is 0 Å². The zero-order valence-corrected chi connectivity index (χ0v) is 12.9. The lowest BCUT2D eigenvalue weighted by Gasteiger charge is -2.15. The smallest absolute Gasteiger partial charge is 0.255 e. The maximum atomic E-state index is 12.2. The van der Waals surface area contributed by atoms with E-state index in [9.17, 15) is 9.59 Å². The molecule has 1 aromatic carbocycles. The Kier molecular flexibility index (Phi) is 6.52. The van der Waals surface area contributed by atoms with Gasteiger partial charge in [-0.2, -0.15) is 0 Å². The molecule has 0 saturated carbocycles. The number of carbonyl (C=O) groups excluding carboxylic acids is 2. The summed E-state index contributed by atoms with van der Waals surface area (Å²) in [6.45, 7) is 4.19. The van der Waals surface area contributed by atoms with E-state index in [0.29, 0.717) is 23.6 Å². The Bertz CT molecular complexity index is 502. The maximum absolute atomic E-state index is 12.2. The molecular weight excluding hydrogens is 272 g/mol. The van der Waals surface area contributed by atoms with Gasteiger partial charge in [0.15, 0.2) is 0 Å². The lowest BCUT2D eigenvalue weighted by Crippen LogP contribution is -2.45. The average molecular weight is 294 g/mol. The quantitative estimate of drug-likeness (QED) is 0.796. The predicted molar refractivity (Wildman–Crippen MR) is 79.8 cm³/mol. The molecule has 2 N–H and O–H groups in total. The molecular formula is C15H22N2O4. The fourth-order valence-electron chi connectivity index (χ4n) is 1.73. The van der Waals surface area contributed by atoms with Crippen molar-refractivity contribution >= 4 is 11.8 Å². The van der Waals surface area contributed by atoms with E-state index in [2.05, 4.69) is 10.6 Å². The first-order chi connectivity index (χ1) is 10.0. The normalized spacial score (nSPS) is 11.4. The van der Waals surface area contributed by atoms with Gasteiger partial charge in [0.25, 0.3) is 5.91 Å². The summed E-state index contributed by atoms with van der Waals surface area (Å²) in [5, 5.41) is 5.38. The van der Waals surface area contributed by atoms with Gasteiger partial charge in [0.2, 0.25) is 5.91 Å². The zero-order valence-electron chi connectivity index (χ0n) is 12.9. The summed E-state index contributed by atoms with van der Waals surface area (Å²) in [5.41, 5.74) is 0.355. The fourth-order valence-corrected chi connectivity index (χ4v) is 1.73. The molecule has 1 rings (SSSR count). The zero-order chi connectivity index (χ0) is 15.8. The molecule has 1 aromatic rings. The highest BCUT2D eigenvalue weighted by molar-refractivity contribution is 5.99. The van der Waals surface area contributed by atoms with Gasteiger partial charge in [-0.1, -0.05) is 6.92 Å². The van der Waals surface area contributed by atoms with Gasteiger partial charge in [0.05, 0.1) is 19.8 Å². The Morgan fingerprint density at radius 3 is 2.52 bits per heavy atom. The lowest BCUT2D eigenvalue weighted by atomic mass is 10.1. The van der Waals surface area contributed by atoms with Crippen LogP contribution in [0.5, 0.6) is 11.5 Å². The molecule has 0 radical (unpaired) electrons. The van der Waals surface area contributed by atoms with E-state index >= 15 is 0 Å². The van der Waals surface area contributed by atoms with Crippen LogP contribution in [-0.2, 0) is 4.79 Å². The monoisotopic (exact) mass is 294 g/mol. The largest absolute Gasteiger partial charge is 0.497 e. The average Bonchev–Trinajstić information content (AvgIpc) is 2.51. The van der Waals surface area contributed by atoms with E-state index in [1.165, 1.54) is 14.2 Å². The maximum Gasteiger partial charge on any atom is 0.255 e. The molecule has 2 amide bonds. The number of nitrogens with one attached hydrogen (secondary N) is 2. The van der Waals surface area contributed by atoms with E-state index < -0.39 is 6.04 Å². The third-order valence-electron chi connectivity index (χ3n) is 2.94. The van der Waals surface area contributed by atoms with Gasteiger partial charge in [-0.3, -0.25) is 9.59 Å². The molecule has 6 heteroatoms. The molecule has 0 saturated heterocycles. The van der Waals surface area contributed by atoms with Crippen LogP contribution in [0.2, 0.25) is 0 Å². The minimum Gasteiger partial charge on any atom is -0.497 e. The second-order valence-electron chi connectivity index (χ2n) is 4.55. The molecule has 0 aromatic heterocycles. The minimum absolute atomic E-state index is 0.210. The lowest BCUT2D eigenvalue weighted by molar-refractivity contribution is -0.122. The van der Waals surface area contributed by atoms with Crippen molar-refractivity contribution in [3.05, 3.63) is 23.8 Å². The van der Waals surface area contributed by atoms with E-state index in [4.69, 9.17) is 9.47 Å². The summed E-state index contributed by atoms with van der Waals surface area (Å²) in [7, 11) is 3.01. The summed E-state index contributed by atoms with van der Waals surface area (Å²) in [5.74, 6) is 0.413. The molecule has 116 valence electrons. The van der Waals surface area contributed by atoms with Crippen molar-refractivity contribution in [3.8, 4) is 11.5 Å². The van der Waals surface area contributed by atoms with Crippen molar-refractivity contribution in [2.45, 2.75) is 26.3 Å². The van der Waals surface area contributed by atoms with Crippen LogP contribution in [-0.4, -0.2) is 38.6 Å². The molecule has 0 heterocycles. The van der Waals surface area contributed by atoms with Crippen molar-refractivity contribution in [1.29, 1.82) is 0 Å². The number of amides is 2. The first-order valence-electron chi connectivity index (χ1n) is 6.84. The second kappa shape index (κ2) is 8.14. The van der Waals surface area contributed by atoms with E-state index in [0.717, 1.165) is 6.42 Å². The molecule has 0 aliphatic rings. The van der Waals surface area contributed by atoms with Gasteiger partial charge in [-0.05, 0) is 25.5 Å². The van der Waals surface area contributed by atoms with Crippen molar-refractivity contribution < 1.29 is 19.1 Å².